The van der Waals surface area contributed by atoms with Crippen molar-refractivity contribution in [1.82, 2.24) is 0 Å². The molecular weight excluding hydrogens is 367 g/mol. The fraction of sp³-hybridized carbons (Fsp3) is 0.462. The first kappa shape index (κ1) is 30.5. The van der Waals surface area contributed by atoms with Crippen LogP contribution in [0.15, 0.2) is 36.4 Å². The molecule has 0 aliphatic rings. The Bertz CT molecular complexity index is 691. The van der Waals surface area contributed by atoms with Crippen LogP contribution in [0.25, 0.3) is 0 Å². The van der Waals surface area contributed by atoms with E-state index in [1.54, 1.807) is 19.1 Å². The number of ether oxygens (including phenoxy) is 1. The second-order valence-corrected chi connectivity index (χ2v) is 7.48. The number of hydrogen-bond donors (Lipinski definition) is 1. The van der Waals surface area contributed by atoms with E-state index >= 15 is 0 Å². The van der Waals surface area contributed by atoms with E-state index in [0.29, 0.717) is 12.2 Å². The van der Waals surface area contributed by atoms with Gasteiger partial charge in [0.1, 0.15) is 0 Å². The van der Waals surface area contributed by atoms with Gasteiger partial charge in [-0.3, -0.25) is 0 Å². The maximum Gasteiger partial charge on any atom is 1.00 e. The molecule has 0 aliphatic carbocycles. The molecule has 2 rings (SSSR count). The van der Waals surface area contributed by atoms with Crippen LogP contribution >= 0.6 is 0 Å². The summed E-state index contributed by atoms with van der Waals surface area (Å²) in [6.07, 6.45) is 4.87. The van der Waals surface area contributed by atoms with Crippen molar-refractivity contribution in [2.75, 3.05) is 6.61 Å². The molecule has 2 aromatic rings. The van der Waals surface area contributed by atoms with Gasteiger partial charge in [-0.15, -0.1) is 11.6 Å². The van der Waals surface area contributed by atoms with Crippen molar-refractivity contribution in [2.45, 2.75) is 72.6 Å². The van der Waals surface area contributed by atoms with Gasteiger partial charge in [-0.25, -0.2) is 4.79 Å². The fourth-order valence-corrected chi connectivity index (χ4v) is 2.52. The van der Waals surface area contributed by atoms with Crippen LogP contribution in [0.2, 0.25) is 0 Å². The summed E-state index contributed by atoms with van der Waals surface area (Å²) in [5.74, 6) is 0.0469. The average Bonchev–Trinajstić information content (AvgIpc) is 2.71. The molecule has 4 heteroatoms. The van der Waals surface area contributed by atoms with E-state index in [4.69, 9.17) is 9.84 Å². The summed E-state index contributed by atoms with van der Waals surface area (Å²) in [6.45, 7) is 16.7. The molecule has 1 N–H and O–H groups in total. The van der Waals surface area contributed by atoms with Gasteiger partial charge >= 0.3 is 24.8 Å². The number of unbranched alkanes of at least 4 members (excludes halogenated alkanes) is 2. The maximum absolute atomic E-state index is 10.2. The first-order valence-electron chi connectivity index (χ1n) is 10.4. The summed E-state index contributed by atoms with van der Waals surface area (Å²) in [6, 6.07) is 16.6. The zero-order valence-electron chi connectivity index (χ0n) is 20.0. The van der Waals surface area contributed by atoms with Crippen LogP contribution in [-0.4, -0.2) is 17.7 Å². The standard InChI is InChI=1S/C17H27O.C7H5O2.C2H5.Li/c1-6-8-9-10-14-13-15(17(3,4)5)11-12-16(14)18-7-2;8-7(9)6-4-2-1-3-5-6;1-2;/h11,13H,6-10H2,1-5H3;2-5H,(H,8,9);1H2,2H3;/q3*-1;+1. The Kier molecular flexibility index (Phi) is 17.3. The SMILES string of the molecule is CCCCCc1cc(C(C)(C)C)c[c-]c1OCC.O=C(O)c1cc[c-]cc1.[CH2-]C.[Li+]. The van der Waals surface area contributed by atoms with Gasteiger partial charge < -0.3 is 16.8 Å². The van der Waals surface area contributed by atoms with E-state index in [0.717, 1.165) is 12.2 Å². The minimum atomic E-state index is -0.899. The quantitative estimate of drug-likeness (QED) is 0.432. The minimum absolute atomic E-state index is 0. The molecule has 0 atom stereocenters. The average molecular weight is 405 g/mol. The predicted molar refractivity (Wildman–Crippen MR) is 122 cm³/mol. The molecule has 0 saturated carbocycles. The summed E-state index contributed by atoms with van der Waals surface area (Å²) >= 11 is 0. The van der Waals surface area contributed by atoms with E-state index in [1.165, 1.54) is 42.5 Å². The van der Waals surface area contributed by atoms with Gasteiger partial charge in [0.05, 0.1) is 6.61 Å². The summed E-state index contributed by atoms with van der Waals surface area (Å²) in [4.78, 5) is 10.2. The number of carboxylic acid groups (broad SMARTS) is 1. The molecule has 0 heterocycles. The van der Waals surface area contributed by atoms with Crippen LogP contribution in [0, 0.1) is 19.1 Å². The van der Waals surface area contributed by atoms with Crippen LogP contribution in [-0.2, 0) is 11.8 Å². The summed E-state index contributed by atoms with van der Waals surface area (Å²) in [5, 5.41) is 8.37. The molecular formula is C26H37LiO3-2. The van der Waals surface area contributed by atoms with Gasteiger partial charge in [0.15, 0.2) is 0 Å². The second kappa shape index (κ2) is 17.0. The van der Waals surface area contributed by atoms with Gasteiger partial charge in [-0.2, -0.15) is 55.0 Å². The number of rotatable bonds is 7. The zero-order chi connectivity index (χ0) is 22.3. The number of aromatic carboxylic acids is 1. The molecule has 30 heavy (non-hydrogen) atoms. The van der Waals surface area contributed by atoms with Crippen LogP contribution in [0.3, 0.4) is 0 Å². The van der Waals surface area contributed by atoms with E-state index in [1.807, 2.05) is 6.92 Å². The van der Waals surface area contributed by atoms with Gasteiger partial charge in [0.2, 0.25) is 0 Å². The zero-order valence-corrected chi connectivity index (χ0v) is 20.0. The molecule has 0 radical (unpaired) electrons. The third kappa shape index (κ3) is 12.1. The summed E-state index contributed by atoms with van der Waals surface area (Å²) < 4.78 is 5.68. The van der Waals surface area contributed by atoms with Gasteiger partial charge in [-0.05, 0) is 12.5 Å². The molecule has 0 unspecified atom stereocenters. The molecule has 0 amide bonds. The Morgan fingerprint density at radius 2 is 1.73 bits per heavy atom. The van der Waals surface area contributed by atoms with Crippen LogP contribution in [0.1, 0.15) is 82.3 Å². The van der Waals surface area contributed by atoms with Crippen molar-refractivity contribution in [2.24, 2.45) is 0 Å². The number of carboxylic acids is 1. The normalized spacial score (nSPS) is 9.83. The predicted octanol–water partition coefficient (Wildman–Crippen LogP) is 3.95. The second-order valence-electron chi connectivity index (χ2n) is 7.48. The maximum atomic E-state index is 10.2. The van der Waals surface area contributed by atoms with Crippen LogP contribution in [0.4, 0.5) is 0 Å². The monoisotopic (exact) mass is 404 g/mol. The third-order valence-corrected chi connectivity index (χ3v) is 4.15. The number of hydrogen-bond acceptors (Lipinski definition) is 2. The molecule has 0 fully saturated rings. The minimum Gasteiger partial charge on any atom is -0.519 e. The fourth-order valence-electron chi connectivity index (χ4n) is 2.52. The van der Waals surface area contributed by atoms with Crippen molar-refractivity contribution in [3.05, 3.63) is 72.1 Å². The number of benzene rings is 2. The van der Waals surface area contributed by atoms with Crippen molar-refractivity contribution in [1.29, 1.82) is 0 Å². The van der Waals surface area contributed by atoms with E-state index < -0.39 is 5.97 Å². The van der Waals surface area contributed by atoms with Gasteiger partial charge in [-0.1, -0.05) is 58.8 Å². The van der Waals surface area contributed by atoms with Gasteiger partial charge in [0.25, 0.3) is 0 Å². The Hall–Kier alpha value is -1.69. The topological polar surface area (TPSA) is 46.5 Å². The largest absolute Gasteiger partial charge is 1.00 e. The molecule has 0 bridgehead atoms. The summed E-state index contributed by atoms with van der Waals surface area (Å²) in [5.41, 5.74) is 3.14. The third-order valence-electron chi connectivity index (χ3n) is 4.15. The molecule has 0 aliphatic heterocycles. The molecule has 3 nitrogen and oxygen atoms in total. The molecule has 0 saturated heterocycles. The number of carbonyl (C=O) groups is 1. The molecule has 0 spiro atoms. The first-order valence-corrected chi connectivity index (χ1v) is 10.4. The Balaban J connectivity index is 0. The summed E-state index contributed by atoms with van der Waals surface area (Å²) in [7, 11) is 0. The van der Waals surface area contributed by atoms with Crippen molar-refractivity contribution in [3.8, 4) is 5.75 Å². The van der Waals surface area contributed by atoms with E-state index in [-0.39, 0.29) is 24.3 Å². The van der Waals surface area contributed by atoms with Crippen molar-refractivity contribution >= 4 is 5.97 Å². The molecule has 2 aromatic carbocycles. The van der Waals surface area contributed by atoms with Crippen LogP contribution < -0.4 is 23.6 Å². The van der Waals surface area contributed by atoms with Crippen LogP contribution in [0.5, 0.6) is 5.75 Å². The number of aryl methyl sites for hydroxylation is 1. The Morgan fingerprint density at radius 3 is 2.17 bits per heavy atom. The van der Waals surface area contributed by atoms with E-state index in [2.05, 4.69) is 58.9 Å². The Morgan fingerprint density at radius 1 is 1.13 bits per heavy atom. The molecule has 0 aromatic heterocycles. The first-order chi connectivity index (χ1) is 13.8. The smallest absolute Gasteiger partial charge is 0.519 e. The van der Waals surface area contributed by atoms with Crippen molar-refractivity contribution in [3.63, 3.8) is 0 Å². The van der Waals surface area contributed by atoms with Crippen molar-refractivity contribution < 1.29 is 33.5 Å². The van der Waals surface area contributed by atoms with Gasteiger partial charge in [0, 0.05) is 5.75 Å². The Labute approximate surface area is 196 Å². The van der Waals surface area contributed by atoms with E-state index in [9.17, 15) is 4.79 Å². The molecule has 162 valence electrons.